The van der Waals surface area contributed by atoms with Gasteiger partial charge in [-0.1, -0.05) is 51.1 Å². The average molecular weight is 289 g/mol. The van der Waals surface area contributed by atoms with Crippen LogP contribution in [0.15, 0.2) is 30.3 Å². The van der Waals surface area contributed by atoms with Crippen LogP contribution in [0.25, 0.3) is 0 Å². The molecule has 1 fully saturated rings. The lowest BCUT2D eigenvalue weighted by atomic mass is 9.78. The van der Waals surface area contributed by atoms with E-state index in [1.807, 2.05) is 25.1 Å². The predicted octanol–water partition coefficient (Wildman–Crippen LogP) is 3.59. The highest BCUT2D eigenvalue weighted by molar-refractivity contribution is 5.69. The SMILES string of the molecule is CCC(=O)O[C@](CC)(c1ccccc1)[C@H]1CCN(CC)C1. The van der Waals surface area contributed by atoms with Gasteiger partial charge in [-0.25, -0.2) is 0 Å². The summed E-state index contributed by atoms with van der Waals surface area (Å²) in [5, 5.41) is 0. The number of carbonyl (C=O) groups excluding carboxylic acids is 1. The molecule has 1 aromatic rings. The lowest BCUT2D eigenvalue weighted by Gasteiger charge is -2.38. The Morgan fingerprint density at radius 2 is 2.00 bits per heavy atom. The Bertz CT molecular complexity index is 460. The molecule has 0 saturated carbocycles. The summed E-state index contributed by atoms with van der Waals surface area (Å²) >= 11 is 0. The maximum Gasteiger partial charge on any atom is 0.306 e. The van der Waals surface area contributed by atoms with Gasteiger partial charge in [0.05, 0.1) is 0 Å². The van der Waals surface area contributed by atoms with Crippen molar-refractivity contribution in [3.05, 3.63) is 35.9 Å². The Morgan fingerprint density at radius 3 is 2.52 bits per heavy atom. The first kappa shape index (κ1) is 16.0. The van der Waals surface area contributed by atoms with Gasteiger partial charge < -0.3 is 9.64 Å². The van der Waals surface area contributed by atoms with Crippen molar-refractivity contribution in [3.8, 4) is 0 Å². The van der Waals surface area contributed by atoms with Crippen LogP contribution in [-0.2, 0) is 15.1 Å². The van der Waals surface area contributed by atoms with Crippen LogP contribution < -0.4 is 0 Å². The molecule has 1 aromatic carbocycles. The first-order chi connectivity index (χ1) is 10.2. The topological polar surface area (TPSA) is 29.5 Å². The number of rotatable bonds is 6. The summed E-state index contributed by atoms with van der Waals surface area (Å²) in [5.41, 5.74) is 0.662. The van der Waals surface area contributed by atoms with Gasteiger partial charge in [0.2, 0.25) is 0 Å². The summed E-state index contributed by atoms with van der Waals surface area (Å²) < 4.78 is 6.03. The van der Waals surface area contributed by atoms with Gasteiger partial charge in [0.15, 0.2) is 0 Å². The van der Waals surface area contributed by atoms with E-state index >= 15 is 0 Å². The maximum atomic E-state index is 12.0. The van der Waals surface area contributed by atoms with Gasteiger partial charge in [0.1, 0.15) is 5.60 Å². The van der Waals surface area contributed by atoms with Crippen LogP contribution in [0.1, 0.15) is 45.6 Å². The van der Waals surface area contributed by atoms with Gasteiger partial charge in [-0.05, 0) is 31.5 Å². The van der Waals surface area contributed by atoms with Crippen molar-refractivity contribution < 1.29 is 9.53 Å². The number of hydrogen-bond acceptors (Lipinski definition) is 3. The normalized spacial score (nSPS) is 22.0. The number of hydrogen-bond donors (Lipinski definition) is 0. The van der Waals surface area contributed by atoms with Crippen LogP contribution in [0.5, 0.6) is 0 Å². The molecule has 1 aliphatic rings. The molecule has 0 bridgehead atoms. The zero-order valence-electron chi connectivity index (χ0n) is 13.5. The monoisotopic (exact) mass is 289 g/mol. The highest BCUT2D eigenvalue weighted by Gasteiger charge is 2.45. The van der Waals surface area contributed by atoms with Crippen LogP contribution in [-0.4, -0.2) is 30.5 Å². The number of nitrogens with zero attached hydrogens (tertiary/aromatic N) is 1. The van der Waals surface area contributed by atoms with E-state index in [9.17, 15) is 4.79 Å². The highest BCUT2D eigenvalue weighted by Crippen LogP contribution is 2.42. The van der Waals surface area contributed by atoms with E-state index in [0.29, 0.717) is 12.3 Å². The van der Waals surface area contributed by atoms with Crippen molar-refractivity contribution in [1.82, 2.24) is 4.90 Å². The fraction of sp³-hybridized carbons (Fsp3) is 0.611. The minimum Gasteiger partial charge on any atom is -0.454 e. The summed E-state index contributed by atoms with van der Waals surface area (Å²) in [6.07, 6.45) is 2.34. The van der Waals surface area contributed by atoms with Crippen LogP contribution in [0.2, 0.25) is 0 Å². The van der Waals surface area contributed by atoms with Crippen LogP contribution in [0.4, 0.5) is 0 Å². The van der Waals surface area contributed by atoms with E-state index in [0.717, 1.165) is 38.0 Å². The Morgan fingerprint density at radius 1 is 1.29 bits per heavy atom. The molecular weight excluding hydrogens is 262 g/mol. The number of benzene rings is 1. The summed E-state index contributed by atoms with van der Waals surface area (Å²) in [5.74, 6) is 0.274. The molecule has 0 radical (unpaired) electrons. The van der Waals surface area contributed by atoms with E-state index in [-0.39, 0.29) is 5.97 Å². The van der Waals surface area contributed by atoms with E-state index in [4.69, 9.17) is 4.74 Å². The Hall–Kier alpha value is -1.35. The van der Waals surface area contributed by atoms with Crippen LogP contribution in [0.3, 0.4) is 0 Å². The summed E-state index contributed by atoms with van der Waals surface area (Å²) in [6.45, 7) is 9.35. The Kier molecular flexibility index (Phi) is 5.40. The van der Waals surface area contributed by atoms with Gasteiger partial charge in [-0.15, -0.1) is 0 Å². The van der Waals surface area contributed by atoms with Gasteiger partial charge in [-0.3, -0.25) is 4.79 Å². The Labute approximate surface area is 128 Å². The molecule has 0 spiro atoms. The summed E-state index contributed by atoms with van der Waals surface area (Å²) in [7, 11) is 0. The molecule has 0 unspecified atom stereocenters. The molecule has 0 N–H and O–H groups in total. The van der Waals surface area contributed by atoms with E-state index in [2.05, 4.69) is 30.9 Å². The quantitative estimate of drug-likeness (QED) is 0.750. The molecular formula is C18H27NO2. The number of esters is 1. The largest absolute Gasteiger partial charge is 0.454 e. The first-order valence-corrected chi connectivity index (χ1v) is 8.16. The van der Waals surface area contributed by atoms with E-state index in [1.165, 1.54) is 0 Å². The van der Waals surface area contributed by atoms with Crippen molar-refractivity contribution in [3.63, 3.8) is 0 Å². The number of carbonyl (C=O) groups is 1. The zero-order chi connectivity index (χ0) is 15.3. The smallest absolute Gasteiger partial charge is 0.306 e. The van der Waals surface area contributed by atoms with E-state index < -0.39 is 5.60 Å². The molecule has 0 aromatic heterocycles. The van der Waals surface area contributed by atoms with Crippen molar-refractivity contribution in [2.45, 2.75) is 45.6 Å². The molecule has 1 heterocycles. The Balaban J connectivity index is 2.35. The molecule has 116 valence electrons. The molecule has 1 saturated heterocycles. The second kappa shape index (κ2) is 7.08. The molecule has 3 heteroatoms. The molecule has 2 rings (SSSR count). The fourth-order valence-corrected chi connectivity index (χ4v) is 3.44. The average Bonchev–Trinajstić information content (AvgIpc) is 3.02. The predicted molar refractivity (Wildman–Crippen MR) is 85.0 cm³/mol. The highest BCUT2D eigenvalue weighted by atomic mass is 16.6. The third kappa shape index (κ3) is 3.29. The molecule has 3 nitrogen and oxygen atoms in total. The minimum absolute atomic E-state index is 0.101. The van der Waals surface area contributed by atoms with Crippen molar-refractivity contribution in [2.75, 3.05) is 19.6 Å². The van der Waals surface area contributed by atoms with Gasteiger partial charge in [0, 0.05) is 18.9 Å². The zero-order valence-corrected chi connectivity index (χ0v) is 13.5. The van der Waals surface area contributed by atoms with Crippen molar-refractivity contribution in [2.24, 2.45) is 5.92 Å². The minimum atomic E-state index is -0.474. The summed E-state index contributed by atoms with van der Waals surface area (Å²) in [6, 6.07) is 10.3. The lowest BCUT2D eigenvalue weighted by molar-refractivity contribution is -0.168. The molecule has 2 atom stereocenters. The van der Waals surface area contributed by atoms with Crippen LogP contribution >= 0.6 is 0 Å². The third-order valence-corrected chi connectivity index (χ3v) is 4.75. The van der Waals surface area contributed by atoms with Crippen molar-refractivity contribution in [1.29, 1.82) is 0 Å². The molecule has 0 amide bonds. The standard InChI is InChI=1S/C18H27NO2/c1-4-17(20)21-18(5-2,15-10-8-7-9-11-15)16-12-13-19(6-3)14-16/h7-11,16H,4-6,12-14H2,1-3H3/t16-,18+/m0/s1. The maximum absolute atomic E-state index is 12.0. The van der Waals surface area contributed by atoms with Gasteiger partial charge in [0.25, 0.3) is 0 Å². The molecule has 0 aliphatic carbocycles. The number of likely N-dealkylation sites (tertiary alicyclic amines) is 1. The number of ether oxygens (including phenoxy) is 1. The second-order valence-electron chi connectivity index (χ2n) is 5.82. The second-order valence-corrected chi connectivity index (χ2v) is 5.82. The van der Waals surface area contributed by atoms with Crippen LogP contribution in [0, 0.1) is 5.92 Å². The van der Waals surface area contributed by atoms with E-state index in [1.54, 1.807) is 0 Å². The molecule has 1 aliphatic heterocycles. The fourth-order valence-electron chi connectivity index (χ4n) is 3.44. The van der Waals surface area contributed by atoms with Gasteiger partial charge in [-0.2, -0.15) is 0 Å². The molecule has 21 heavy (non-hydrogen) atoms. The van der Waals surface area contributed by atoms with Gasteiger partial charge >= 0.3 is 5.97 Å². The third-order valence-electron chi connectivity index (χ3n) is 4.75. The van der Waals surface area contributed by atoms with Crippen molar-refractivity contribution >= 4 is 5.97 Å². The lowest BCUT2D eigenvalue weighted by Crippen LogP contribution is -2.41. The summed E-state index contributed by atoms with van der Waals surface area (Å²) in [4.78, 5) is 14.5. The first-order valence-electron chi connectivity index (χ1n) is 8.16.